The SMILES string of the molecule is Cn1cc(C(=O)O)nc1C(=O)O. The molecule has 0 spiro atoms. The highest BCUT2D eigenvalue weighted by Crippen LogP contribution is 2.00. The summed E-state index contributed by atoms with van der Waals surface area (Å²) in [4.78, 5) is 24.1. The average Bonchev–Trinajstić information content (AvgIpc) is 2.30. The molecule has 1 heterocycles. The molecule has 0 saturated carbocycles. The largest absolute Gasteiger partial charge is 0.476 e. The van der Waals surface area contributed by atoms with Crippen LogP contribution in [0, 0.1) is 0 Å². The second-order valence-electron chi connectivity index (χ2n) is 2.17. The summed E-state index contributed by atoms with van der Waals surface area (Å²) in [6, 6.07) is 0. The number of aromatic carboxylic acids is 2. The van der Waals surface area contributed by atoms with Crippen molar-refractivity contribution in [2.45, 2.75) is 0 Å². The van der Waals surface area contributed by atoms with Crippen LogP contribution in [0.4, 0.5) is 0 Å². The van der Waals surface area contributed by atoms with Crippen LogP contribution >= 0.6 is 0 Å². The molecule has 0 fully saturated rings. The number of imidazole rings is 1. The van der Waals surface area contributed by atoms with E-state index in [0.29, 0.717) is 0 Å². The molecule has 6 nitrogen and oxygen atoms in total. The second-order valence-corrected chi connectivity index (χ2v) is 2.17. The average molecular weight is 170 g/mol. The fourth-order valence-corrected chi connectivity index (χ4v) is 0.768. The Labute approximate surface area is 67.1 Å². The molecule has 1 rings (SSSR count). The van der Waals surface area contributed by atoms with Gasteiger partial charge in [-0.1, -0.05) is 0 Å². The second kappa shape index (κ2) is 2.65. The molecule has 1 aromatic heterocycles. The number of hydrogen-bond donors (Lipinski definition) is 2. The molecule has 64 valence electrons. The molecule has 0 unspecified atom stereocenters. The first-order chi connectivity index (χ1) is 5.52. The molecule has 0 bridgehead atoms. The number of aromatic nitrogens is 2. The van der Waals surface area contributed by atoms with Crippen LogP contribution in [0.15, 0.2) is 6.20 Å². The van der Waals surface area contributed by atoms with E-state index in [1.54, 1.807) is 0 Å². The van der Waals surface area contributed by atoms with Gasteiger partial charge in [0.25, 0.3) is 0 Å². The molecule has 0 saturated heterocycles. The first kappa shape index (κ1) is 8.25. The maximum absolute atomic E-state index is 10.4. The molecule has 1 aromatic rings. The lowest BCUT2D eigenvalue weighted by molar-refractivity contribution is 0.0679. The molecule has 2 N–H and O–H groups in total. The number of rotatable bonds is 2. The van der Waals surface area contributed by atoms with Gasteiger partial charge in [-0.25, -0.2) is 14.6 Å². The van der Waals surface area contributed by atoms with Gasteiger partial charge in [-0.3, -0.25) is 0 Å². The molecule has 0 atom stereocenters. The lowest BCUT2D eigenvalue weighted by Gasteiger charge is -1.90. The Kier molecular flexibility index (Phi) is 1.82. The van der Waals surface area contributed by atoms with E-state index in [1.165, 1.54) is 7.05 Å². The van der Waals surface area contributed by atoms with Gasteiger partial charge in [-0.05, 0) is 0 Å². The van der Waals surface area contributed by atoms with Crippen LogP contribution in [0.2, 0.25) is 0 Å². The number of aryl methyl sites for hydroxylation is 1. The van der Waals surface area contributed by atoms with E-state index in [9.17, 15) is 9.59 Å². The van der Waals surface area contributed by atoms with Gasteiger partial charge in [0.15, 0.2) is 5.69 Å². The maximum Gasteiger partial charge on any atom is 0.372 e. The van der Waals surface area contributed by atoms with Crippen LogP contribution in [-0.4, -0.2) is 31.7 Å². The molecular weight excluding hydrogens is 164 g/mol. The Morgan fingerprint density at radius 1 is 1.42 bits per heavy atom. The van der Waals surface area contributed by atoms with Gasteiger partial charge in [-0.15, -0.1) is 0 Å². The van der Waals surface area contributed by atoms with E-state index < -0.39 is 11.9 Å². The molecule has 0 aromatic carbocycles. The summed E-state index contributed by atoms with van der Waals surface area (Å²) in [6.07, 6.45) is 1.14. The molecule has 0 aliphatic carbocycles. The fourth-order valence-electron chi connectivity index (χ4n) is 0.768. The zero-order valence-electron chi connectivity index (χ0n) is 6.18. The smallest absolute Gasteiger partial charge is 0.372 e. The lowest BCUT2D eigenvalue weighted by atomic mass is 10.5. The summed E-state index contributed by atoms with van der Waals surface area (Å²) in [6.45, 7) is 0. The summed E-state index contributed by atoms with van der Waals surface area (Å²) < 4.78 is 1.14. The van der Waals surface area contributed by atoms with Gasteiger partial charge in [0.1, 0.15) is 0 Å². The van der Waals surface area contributed by atoms with Crippen molar-refractivity contribution in [1.29, 1.82) is 0 Å². The Hall–Kier alpha value is -1.85. The summed E-state index contributed by atoms with van der Waals surface area (Å²) in [5.74, 6) is -2.77. The Balaban J connectivity index is 3.17. The van der Waals surface area contributed by atoms with E-state index in [1.807, 2.05) is 0 Å². The van der Waals surface area contributed by atoms with E-state index in [-0.39, 0.29) is 11.5 Å². The van der Waals surface area contributed by atoms with Gasteiger partial charge >= 0.3 is 11.9 Å². The number of carboxylic acids is 2. The Morgan fingerprint density at radius 3 is 2.25 bits per heavy atom. The van der Waals surface area contributed by atoms with Crippen LogP contribution < -0.4 is 0 Å². The number of nitrogens with zero attached hydrogens (tertiary/aromatic N) is 2. The van der Waals surface area contributed by atoms with Crippen molar-refractivity contribution in [2.75, 3.05) is 0 Å². The molecule has 0 radical (unpaired) electrons. The van der Waals surface area contributed by atoms with Gasteiger partial charge in [-0.2, -0.15) is 0 Å². The van der Waals surface area contributed by atoms with Crippen LogP contribution in [0.3, 0.4) is 0 Å². The Morgan fingerprint density at radius 2 is 2.00 bits per heavy atom. The summed E-state index contributed by atoms with van der Waals surface area (Å²) in [7, 11) is 1.42. The highest BCUT2D eigenvalue weighted by molar-refractivity contribution is 5.89. The zero-order chi connectivity index (χ0) is 9.30. The first-order valence-corrected chi connectivity index (χ1v) is 3.02. The van der Waals surface area contributed by atoms with Crippen molar-refractivity contribution in [1.82, 2.24) is 9.55 Å². The van der Waals surface area contributed by atoms with E-state index >= 15 is 0 Å². The monoisotopic (exact) mass is 170 g/mol. The minimum atomic E-state index is -1.25. The third-order valence-electron chi connectivity index (χ3n) is 1.29. The maximum atomic E-state index is 10.4. The fraction of sp³-hybridized carbons (Fsp3) is 0.167. The van der Waals surface area contributed by atoms with Gasteiger partial charge < -0.3 is 14.8 Å². The van der Waals surface area contributed by atoms with Crippen molar-refractivity contribution in [2.24, 2.45) is 7.05 Å². The van der Waals surface area contributed by atoms with Crippen molar-refractivity contribution >= 4 is 11.9 Å². The number of hydrogen-bond acceptors (Lipinski definition) is 3. The van der Waals surface area contributed by atoms with Crippen LogP contribution in [0.25, 0.3) is 0 Å². The van der Waals surface area contributed by atoms with Crippen LogP contribution in [0.1, 0.15) is 21.1 Å². The number of carboxylic acid groups (broad SMARTS) is 2. The van der Waals surface area contributed by atoms with E-state index in [4.69, 9.17) is 10.2 Å². The van der Waals surface area contributed by atoms with E-state index in [0.717, 1.165) is 10.8 Å². The predicted molar refractivity (Wildman–Crippen MR) is 37.1 cm³/mol. The van der Waals surface area contributed by atoms with Gasteiger partial charge in [0, 0.05) is 13.2 Å². The summed E-state index contributed by atoms with van der Waals surface area (Å²) in [5, 5.41) is 16.9. The minimum absolute atomic E-state index is 0.269. The quantitative estimate of drug-likeness (QED) is 0.642. The zero-order valence-corrected chi connectivity index (χ0v) is 6.18. The third kappa shape index (κ3) is 1.26. The van der Waals surface area contributed by atoms with Crippen molar-refractivity contribution in [3.8, 4) is 0 Å². The summed E-state index contributed by atoms with van der Waals surface area (Å²) in [5.41, 5.74) is -0.269. The summed E-state index contributed by atoms with van der Waals surface area (Å²) >= 11 is 0. The lowest BCUT2D eigenvalue weighted by Crippen LogP contribution is -2.05. The van der Waals surface area contributed by atoms with Gasteiger partial charge in [0.2, 0.25) is 5.82 Å². The predicted octanol–water partition coefficient (Wildman–Crippen LogP) is -0.184. The standard InChI is InChI=1S/C6H6N2O4/c1-8-2-3(5(9)10)7-4(8)6(11)12/h2H,1H3,(H,9,10)(H,11,12). The van der Waals surface area contributed by atoms with Crippen LogP contribution in [-0.2, 0) is 7.05 Å². The van der Waals surface area contributed by atoms with Crippen molar-refractivity contribution < 1.29 is 19.8 Å². The first-order valence-electron chi connectivity index (χ1n) is 3.02. The minimum Gasteiger partial charge on any atom is -0.476 e. The van der Waals surface area contributed by atoms with Crippen LogP contribution in [0.5, 0.6) is 0 Å². The third-order valence-corrected chi connectivity index (χ3v) is 1.29. The number of carbonyl (C=O) groups is 2. The molecule has 12 heavy (non-hydrogen) atoms. The molecular formula is C6H6N2O4. The van der Waals surface area contributed by atoms with Gasteiger partial charge in [0.05, 0.1) is 0 Å². The molecule has 0 aliphatic heterocycles. The highest BCUT2D eigenvalue weighted by atomic mass is 16.4. The van der Waals surface area contributed by atoms with Crippen molar-refractivity contribution in [3.63, 3.8) is 0 Å². The molecule has 0 amide bonds. The topological polar surface area (TPSA) is 92.4 Å². The van der Waals surface area contributed by atoms with E-state index in [2.05, 4.69) is 4.98 Å². The Bertz CT molecular complexity index is 341. The highest BCUT2D eigenvalue weighted by Gasteiger charge is 2.15. The molecule has 6 heteroatoms. The molecule has 0 aliphatic rings. The van der Waals surface area contributed by atoms with Crippen molar-refractivity contribution in [3.05, 3.63) is 17.7 Å². The normalized spacial score (nSPS) is 9.75.